The topological polar surface area (TPSA) is 44.9 Å². The van der Waals surface area contributed by atoms with E-state index < -0.39 is 0 Å². The number of aryl methyl sites for hydroxylation is 1. The van der Waals surface area contributed by atoms with Crippen molar-refractivity contribution in [3.63, 3.8) is 0 Å². The molecule has 102 valence electrons. The smallest absolute Gasteiger partial charge is 0.252 e. The molecule has 0 spiro atoms. The Morgan fingerprint density at radius 3 is 2.85 bits per heavy atom. The first-order chi connectivity index (χ1) is 9.65. The maximum atomic E-state index is 12.4. The van der Waals surface area contributed by atoms with Crippen LogP contribution in [-0.4, -0.2) is 10.9 Å². The summed E-state index contributed by atoms with van der Waals surface area (Å²) >= 11 is 1.72. The van der Waals surface area contributed by atoms with Crippen LogP contribution in [0.1, 0.15) is 33.1 Å². The second-order valence-electron chi connectivity index (χ2n) is 4.89. The number of aromatic nitrogens is 1. The molecule has 0 aliphatic rings. The van der Waals surface area contributed by atoms with Crippen molar-refractivity contribution in [2.24, 2.45) is 0 Å². The Balaban J connectivity index is 1.84. The van der Waals surface area contributed by atoms with Gasteiger partial charge in [0.05, 0.1) is 6.04 Å². The van der Waals surface area contributed by atoms with Crippen molar-refractivity contribution in [3.05, 3.63) is 57.9 Å². The molecule has 0 bridgehead atoms. The Hall–Kier alpha value is -2.07. The minimum Gasteiger partial charge on any atom is -0.361 e. The number of carbonyl (C=O) groups excluding carboxylic acids is 1. The molecular formula is C16H16N2OS. The molecule has 3 rings (SSSR count). The third-order valence-corrected chi connectivity index (χ3v) is 4.56. The highest BCUT2D eigenvalue weighted by molar-refractivity contribution is 7.12. The zero-order valence-electron chi connectivity index (χ0n) is 11.4. The van der Waals surface area contributed by atoms with Gasteiger partial charge < -0.3 is 10.3 Å². The lowest BCUT2D eigenvalue weighted by Crippen LogP contribution is -2.26. The largest absolute Gasteiger partial charge is 0.361 e. The third-order valence-electron chi connectivity index (χ3n) is 3.38. The Labute approximate surface area is 121 Å². The molecule has 0 saturated heterocycles. The van der Waals surface area contributed by atoms with Crippen molar-refractivity contribution in [1.82, 2.24) is 10.3 Å². The predicted octanol–water partition coefficient (Wildman–Crippen LogP) is 4.03. The van der Waals surface area contributed by atoms with Crippen molar-refractivity contribution in [1.29, 1.82) is 0 Å². The summed E-state index contributed by atoms with van der Waals surface area (Å²) in [4.78, 5) is 18.0. The zero-order valence-corrected chi connectivity index (χ0v) is 12.3. The lowest BCUT2D eigenvalue weighted by molar-refractivity contribution is 0.0942. The lowest BCUT2D eigenvalue weighted by atomic mass is 10.1. The van der Waals surface area contributed by atoms with Crippen LogP contribution in [0.4, 0.5) is 0 Å². The number of rotatable bonds is 3. The number of hydrogen-bond acceptors (Lipinski definition) is 2. The fraction of sp³-hybridized carbons (Fsp3) is 0.188. The number of thiophene rings is 1. The zero-order chi connectivity index (χ0) is 14.1. The molecule has 2 aromatic heterocycles. The maximum absolute atomic E-state index is 12.4. The molecule has 0 saturated carbocycles. The van der Waals surface area contributed by atoms with E-state index >= 15 is 0 Å². The van der Waals surface area contributed by atoms with Crippen LogP contribution in [0, 0.1) is 6.92 Å². The molecule has 3 aromatic rings. The molecule has 0 aliphatic carbocycles. The molecule has 1 aromatic carbocycles. The van der Waals surface area contributed by atoms with Crippen molar-refractivity contribution in [3.8, 4) is 0 Å². The van der Waals surface area contributed by atoms with Gasteiger partial charge in [0.15, 0.2) is 0 Å². The van der Waals surface area contributed by atoms with Crippen LogP contribution in [0.2, 0.25) is 0 Å². The summed E-state index contributed by atoms with van der Waals surface area (Å²) in [6.45, 7) is 4.09. The van der Waals surface area contributed by atoms with Crippen LogP contribution < -0.4 is 5.32 Å². The SMILES string of the molecule is Cc1ccc(C(C)NC(=O)c2cccc3[nH]ccc23)s1. The van der Waals surface area contributed by atoms with E-state index in [4.69, 9.17) is 0 Å². The molecule has 0 aliphatic heterocycles. The molecule has 1 unspecified atom stereocenters. The molecule has 3 nitrogen and oxygen atoms in total. The average molecular weight is 284 g/mol. The number of fused-ring (bicyclic) bond motifs is 1. The number of benzene rings is 1. The van der Waals surface area contributed by atoms with Gasteiger partial charge in [0.2, 0.25) is 0 Å². The van der Waals surface area contributed by atoms with Crippen LogP contribution in [-0.2, 0) is 0 Å². The number of carbonyl (C=O) groups is 1. The number of nitrogens with one attached hydrogen (secondary N) is 2. The second-order valence-corrected chi connectivity index (χ2v) is 6.21. The standard InChI is InChI=1S/C16H16N2OS/c1-10-6-7-15(20-10)11(2)18-16(19)13-4-3-5-14-12(13)8-9-17-14/h3-9,11,17H,1-2H3,(H,18,19). The molecule has 0 radical (unpaired) electrons. The van der Waals surface area contributed by atoms with E-state index in [1.807, 2.05) is 37.4 Å². The van der Waals surface area contributed by atoms with Gasteiger partial charge in [-0.1, -0.05) is 6.07 Å². The summed E-state index contributed by atoms with van der Waals surface area (Å²) in [6, 6.07) is 11.8. The van der Waals surface area contributed by atoms with Gasteiger partial charge in [-0.25, -0.2) is 0 Å². The summed E-state index contributed by atoms with van der Waals surface area (Å²) in [7, 11) is 0. The van der Waals surface area contributed by atoms with E-state index in [0.29, 0.717) is 5.56 Å². The van der Waals surface area contributed by atoms with Crippen LogP contribution in [0.3, 0.4) is 0 Å². The Kier molecular flexibility index (Phi) is 3.32. The summed E-state index contributed by atoms with van der Waals surface area (Å²) in [5.41, 5.74) is 1.70. The summed E-state index contributed by atoms with van der Waals surface area (Å²) in [5, 5.41) is 4.02. The highest BCUT2D eigenvalue weighted by Crippen LogP contribution is 2.23. The van der Waals surface area contributed by atoms with Crippen molar-refractivity contribution >= 4 is 28.1 Å². The van der Waals surface area contributed by atoms with Crippen LogP contribution in [0.25, 0.3) is 10.9 Å². The van der Waals surface area contributed by atoms with E-state index in [9.17, 15) is 4.79 Å². The second kappa shape index (κ2) is 5.13. The van der Waals surface area contributed by atoms with Gasteiger partial charge in [0.25, 0.3) is 5.91 Å². The first-order valence-electron chi connectivity index (χ1n) is 6.58. The van der Waals surface area contributed by atoms with Gasteiger partial charge >= 0.3 is 0 Å². The molecule has 4 heteroatoms. The lowest BCUT2D eigenvalue weighted by Gasteiger charge is -2.12. The summed E-state index contributed by atoms with van der Waals surface area (Å²) < 4.78 is 0. The normalized spacial score (nSPS) is 12.5. The number of aromatic amines is 1. The van der Waals surface area contributed by atoms with Gasteiger partial charge in [-0.3, -0.25) is 4.79 Å². The number of amides is 1. The molecule has 20 heavy (non-hydrogen) atoms. The minimum absolute atomic E-state index is 0.0235. The highest BCUT2D eigenvalue weighted by Gasteiger charge is 2.15. The van der Waals surface area contributed by atoms with Gasteiger partial charge in [-0.2, -0.15) is 0 Å². The predicted molar refractivity (Wildman–Crippen MR) is 83.2 cm³/mol. The third kappa shape index (κ3) is 2.34. The van der Waals surface area contributed by atoms with Crippen LogP contribution in [0.5, 0.6) is 0 Å². The molecule has 2 heterocycles. The highest BCUT2D eigenvalue weighted by atomic mass is 32.1. The monoisotopic (exact) mass is 284 g/mol. The van der Waals surface area contributed by atoms with Crippen molar-refractivity contribution in [2.45, 2.75) is 19.9 Å². The van der Waals surface area contributed by atoms with E-state index in [0.717, 1.165) is 10.9 Å². The Bertz CT molecular complexity index is 757. The van der Waals surface area contributed by atoms with E-state index in [-0.39, 0.29) is 11.9 Å². The van der Waals surface area contributed by atoms with Crippen LogP contribution >= 0.6 is 11.3 Å². The fourth-order valence-electron chi connectivity index (χ4n) is 2.32. The Morgan fingerprint density at radius 1 is 1.25 bits per heavy atom. The Morgan fingerprint density at radius 2 is 2.10 bits per heavy atom. The van der Waals surface area contributed by atoms with E-state index in [1.54, 1.807) is 11.3 Å². The molecule has 2 N–H and O–H groups in total. The van der Waals surface area contributed by atoms with Gasteiger partial charge in [-0.15, -0.1) is 11.3 Å². The van der Waals surface area contributed by atoms with E-state index in [1.165, 1.54) is 9.75 Å². The van der Waals surface area contributed by atoms with Crippen molar-refractivity contribution < 1.29 is 4.79 Å². The quantitative estimate of drug-likeness (QED) is 0.749. The molecule has 1 amide bonds. The van der Waals surface area contributed by atoms with Gasteiger partial charge in [-0.05, 0) is 44.2 Å². The van der Waals surface area contributed by atoms with Gasteiger partial charge in [0, 0.05) is 32.4 Å². The molecule has 0 fully saturated rings. The maximum Gasteiger partial charge on any atom is 0.252 e. The molecule has 1 atom stereocenters. The van der Waals surface area contributed by atoms with Crippen molar-refractivity contribution in [2.75, 3.05) is 0 Å². The van der Waals surface area contributed by atoms with Gasteiger partial charge in [0.1, 0.15) is 0 Å². The summed E-state index contributed by atoms with van der Waals surface area (Å²) in [6.07, 6.45) is 1.85. The van der Waals surface area contributed by atoms with Crippen LogP contribution in [0.15, 0.2) is 42.6 Å². The average Bonchev–Trinajstić information content (AvgIpc) is 3.06. The summed E-state index contributed by atoms with van der Waals surface area (Å²) in [5.74, 6) is -0.0336. The fourth-order valence-corrected chi connectivity index (χ4v) is 3.19. The van der Waals surface area contributed by atoms with E-state index in [2.05, 4.69) is 29.4 Å². The number of hydrogen-bond donors (Lipinski definition) is 2. The number of H-pyrrole nitrogens is 1. The first kappa shape index (κ1) is 12.9. The first-order valence-corrected chi connectivity index (χ1v) is 7.40. The molecular weight excluding hydrogens is 268 g/mol. The minimum atomic E-state index is -0.0336.